The first-order valence-corrected chi connectivity index (χ1v) is 6.56. The summed E-state index contributed by atoms with van der Waals surface area (Å²) in [5.41, 5.74) is 0.677. The molecular formula is C15H18N2O4. The Morgan fingerprint density at radius 1 is 1.29 bits per heavy atom. The van der Waals surface area contributed by atoms with Crippen LogP contribution in [0.4, 0.5) is 10.5 Å². The van der Waals surface area contributed by atoms with Crippen LogP contribution in [0.15, 0.2) is 30.5 Å². The summed E-state index contributed by atoms with van der Waals surface area (Å²) in [7, 11) is 0. The standard InChI is InChI=1S/C15H18N2O4/c1-15(2,3)21-14(20)16-11-8-17(9-13(18)19)12-7-5-4-6-10(11)12/h4-8H,9H2,1-3H3,(H,16,20)(H,18,19). The molecule has 6 nitrogen and oxygen atoms in total. The number of fused-ring (bicyclic) bond motifs is 1. The summed E-state index contributed by atoms with van der Waals surface area (Å²) in [5, 5.41) is 12.4. The van der Waals surface area contributed by atoms with Crippen LogP contribution >= 0.6 is 0 Å². The molecular weight excluding hydrogens is 272 g/mol. The molecule has 2 aromatic rings. The Labute approximate surface area is 122 Å². The van der Waals surface area contributed by atoms with Crippen LogP contribution in [0.5, 0.6) is 0 Å². The smallest absolute Gasteiger partial charge is 0.412 e. The number of para-hydroxylation sites is 1. The fraction of sp³-hybridized carbons (Fsp3) is 0.333. The van der Waals surface area contributed by atoms with E-state index in [1.807, 2.05) is 18.2 Å². The highest BCUT2D eigenvalue weighted by Crippen LogP contribution is 2.26. The van der Waals surface area contributed by atoms with Crippen molar-refractivity contribution in [1.29, 1.82) is 0 Å². The highest BCUT2D eigenvalue weighted by molar-refractivity contribution is 6.00. The van der Waals surface area contributed by atoms with Gasteiger partial charge < -0.3 is 14.4 Å². The Hall–Kier alpha value is -2.50. The van der Waals surface area contributed by atoms with Crippen molar-refractivity contribution >= 4 is 28.7 Å². The SMILES string of the molecule is CC(C)(C)OC(=O)Nc1cn(CC(=O)O)c2ccccc12. The second kappa shape index (κ2) is 5.47. The first-order chi connectivity index (χ1) is 9.76. The van der Waals surface area contributed by atoms with E-state index in [9.17, 15) is 9.59 Å². The van der Waals surface area contributed by atoms with Gasteiger partial charge >= 0.3 is 12.1 Å². The topological polar surface area (TPSA) is 80.6 Å². The van der Waals surface area contributed by atoms with Crippen molar-refractivity contribution in [3.63, 3.8) is 0 Å². The van der Waals surface area contributed by atoms with E-state index >= 15 is 0 Å². The summed E-state index contributed by atoms with van der Waals surface area (Å²) in [6.07, 6.45) is 1.03. The third-order valence-corrected chi connectivity index (χ3v) is 2.73. The number of carboxylic acids is 1. The lowest BCUT2D eigenvalue weighted by Gasteiger charge is -2.19. The summed E-state index contributed by atoms with van der Waals surface area (Å²) in [5.74, 6) is -0.945. The molecule has 0 radical (unpaired) electrons. The first-order valence-electron chi connectivity index (χ1n) is 6.56. The lowest BCUT2D eigenvalue weighted by Crippen LogP contribution is -2.27. The zero-order valence-corrected chi connectivity index (χ0v) is 12.2. The molecule has 0 aliphatic carbocycles. The minimum Gasteiger partial charge on any atom is -0.480 e. The van der Waals surface area contributed by atoms with Crippen molar-refractivity contribution in [1.82, 2.24) is 4.57 Å². The molecule has 0 atom stereocenters. The van der Waals surface area contributed by atoms with E-state index in [0.717, 1.165) is 10.9 Å². The van der Waals surface area contributed by atoms with E-state index < -0.39 is 17.7 Å². The highest BCUT2D eigenvalue weighted by atomic mass is 16.6. The van der Waals surface area contributed by atoms with Gasteiger partial charge in [0.05, 0.1) is 11.2 Å². The fourth-order valence-corrected chi connectivity index (χ4v) is 2.04. The van der Waals surface area contributed by atoms with Crippen LogP contribution < -0.4 is 5.32 Å². The van der Waals surface area contributed by atoms with Crippen molar-refractivity contribution in [2.75, 3.05) is 5.32 Å². The molecule has 2 N–H and O–H groups in total. The third kappa shape index (κ3) is 3.75. The van der Waals surface area contributed by atoms with Gasteiger partial charge in [-0.25, -0.2) is 4.79 Å². The van der Waals surface area contributed by atoms with E-state index in [0.29, 0.717) is 5.69 Å². The molecule has 0 fully saturated rings. The summed E-state index contributed by atoms with van der Waals surface area (Å²) in [4.78, 5) is 22.7. The molecule has 21 heavy (non-hydrogen) atoms. The fourth-order valence-electron chi connectivity index (χ4n) is 2.04. The van der Waals surface area contributed by atoms with Gasteiger partial charge in [0, 0.05) is 11.6 Å². The summed E-state index contributed by atoms with van der Waals surface area (Å²) in [6.45, 7) is 5.16. The second-order valence-corrected chi connectivity index (χ2v) is 5.71. The molecule has 112 valence electrons. The molecule has 6 heteroatoms. The zero-order valence-electron chi connectivity index (χ0n) is 12.2. The molecule has 0 aliphatic rings. The zero-order chi connectivity index (χ0) is 15.6. The number of hydrogen-bond donors (Lipinski definition) is 2. The van der Waals surface area contributed by atoms with Gasteiger partial charge in [-0.15, -0.1) is 0 Å². The van der Waals surface area contributed by atoms with Crippen molar-refractivity contribution in [3.05, 3.63) is 30.5 Å². The Kier molecular flexibility index (Phi) is 3.88. The molecule has 1 heterocycles. The second-order valence-electron chi connectivity index (χ2n) is 5.71. The molecule has 0 saturated carbocycles. The lowest BCUT2D eigenvalue weighted by molar-refractivity contribution is -0.137. The normalized spacial score (nSPS) is 11.4. The number of carbonyl (C=O) groups excluding carboxylic acids is 1. The molecule has 0 bridgehead atoms. The van der Waals surface area contributed by atoms with Gasteiger partial charge in [0.15, 0.2) is 0 Å². The monoisotopic (exact) mass is 290 g/mol. The van der Waals surface area contributed by atoms with Gasteiger partial charge in [-0.3, -0.25) is 10.1 Å². The van der Waals surface area contributed by atoms with E-state index in [1.165, 1.54) is 0 Å². The van der Waals surface area contributed by atoms with E-state index in [1.54, 1.807) is 37.6 Å². The maximum absolute atomic E-state index is 11.8. The van der Waals surface area contributed by atoms with Crippen LogP contribution in [-0.2, 0) is 16.1 Å². The molecule has 0 aliphatic heterocycles. The van der Waals surface area contributed by atoms with Crippen molar-refractivity contribution in [2.45, 2.75) is 32.9 Å². The molecule has 1 amide bonds. The van der Waals surface area contributed by atoms with Gasteiger partial charge in [-0.2, -0.15) is 0 Å². The quantitative estimate of drug-likeness (QED) is 0.910. The van der Waals surface area contributed by atoms with E-state index in [-0.39, 0.29) is 6.54 Å². The average molecular weight is 290 g/mol. The highest BCUT2D eigenvalue weighted by Gasteiger charge is 2.18. The van der Waals surface area contributed by atoms with Crippen molar-refractivity contribution < 1.29 is 19.4 Å². The number of amides is 1. The van der Waals surface area contributed by atoms with Gasteiger partial charge in [-0.1, -0.05) is 18.2 Å². The number of carboxylic acid groups (broad SMARTS) is 1. The molecule has 0 saturated heterocycles. The van der Waals surface area contributed by atoms with E-state index in [4.69, 9.17) is 9.84 Å². The van der Waals surface area contributed by atoms with Crippen LogP contribution in [0.25, 0.3) is 10.9 Å². The van der Waals surface area contributed by atoms with Crippen LogP contribution in [-0.4, -0.2) is 27.3 Å². The van der Waals surface area contributed by atoms with Crippen molar-refractivity contribution in [2.24, 2.45) is 0 Å². The van der Waals surface area contributed by atoms with Crippen LogP contribution in [0.1, 0.15) is 20.8 Å². The number of carbonyl (C=O) groups is 2. The number of ether oxygens (including phenoxy) is 1. The van der Waals surface area contributed by atoms with Crippen LogP contribution in [0.2, 0.25) is 0 Å². The molecule has 0 unspecified atom stereocenters. The maximum Gasteiger partial charge on any atom is 0.412 e. The number of nitrogens with one attached hydrogen (secondary N) is 1. The summed E-state index contributed by atoms with van der Waals surface area (Å²) in [6, 6.07) is 7.27. The van der Waals surface area contributed by atoms with Gasteiger partial charge in [-0.05, 0) is 26.8 Å². The Balaban J connectivity index is 2.32. The summed E-state index contributed by atoms with van der Waals surface area (Å²) >= 11 is 0. The number of rotatable bonds is 3. The molecule has 1 aromatic heterocycles. The van der Waals surface area contributed by atoms with Crippen molar-refractivity contribution in [3.8, 4) is 0 Å². The minimum atomic E-state index is -0.945. The largest absolute Gasteiger partial charge is 0.480 e. The number of anilines is 1. The lowest BCUT2D eigenvalue weighted by atomic mass is 10.2. The number of hydrogen-bond acceptors (Lipinski definition) is 3. The first kappa shape index (κ1) is 14.9. The number of aromatic nitrogens is 1. The maximum atomic E-state index is 11.8. The van der Waals surface area contributed by atoms with Gasteiger partial charge in [0.25, 0.3) is 0 Å². The molecule has 0 spiro atoms. The predicted molar refractivity (Wildman–Crippen MR) is 79.4 cm³/mol. The Morgan fingerprint density at radius 3 is 2.57 bits per heavy atom. The molecule has 1 aromatic carbocycles. The number of benzene rings is 1. The number of nitrogens with zero attached hydrogens (tertiary/aromatic N) is 1. The molecule has 2 rings (SSSR count). The van der Waals surface area contributed by atoms with Gasteiger partial charge in [0.2, 0.25) is 0 Å². The number of aliphatic carboxylic acids is 1. The minimum absolute atomic E-state index is 0.170. The Morgan fingerprint density at radius 2 is 1.95 bits per heavy atom. The van der Waals surface area contributed by atoms with Crippen LogP contribution in [0, 0.1) is 0 Å². The Bertz CT molecular complexity index is 683. The average Bonchev–Trinajstić information content (AvgIpc) is 2.65. The third-order valence-electron chi connectivity index (χ3n) is 2.73. The van der Waals surface area contributed by atoms with Gasteiger partial charge in [0.1, 0.15) is 12.1 Å². The predicted octanol–water partition coefficient (Wildman–Crippen LogP) is 3.07. The van der Waals surface area contributed by atoms with E-state index in [2.05, 4.69) is 5.32 Å². The van der Waals surface area contributed by atoms with Crippen LogP contribution in [0.3, 0.4) is 0 Å². The summed E-state index contributed by atoms with van der Waals surface area (Å²) < 4.78 is 6.78.